The molecule has 0 aliphatic carbocycles. The number of nitrogens with zero attached hydrogens (tertiary/aromatic N) is 1. The lowest BCUT2D eigenvalue weighted by Crippen LogP contribution is -1.85. The minimum Gasteiger partial charge on any atom is -0.242 e. The van der Waals surface area contributed by atoms with Gasteiger partial charge in [-0.3, -0.25) is 0 Å². The molecule has 2 rings (SSSR count). The lowest BCUT2D eigenvalue weighted by atomic mass is 10.1. The average molecular weight is 304 g/mol. The van der Waals surface area contributed by atoms with E-state index in [-0.39, 0.29) is 0 Å². The Kier molecular flexibility index (Phi) is 5.47. The predicted octanol–water partition coefficient (Wildman–Crippen LogP) is 5.13. The maximum Gasteiger partial charge on any atom is 0.147 e. The lowest BCUT2D eigenvalue weighted by molar-refractivity contribution is 0.795. The normalized spacial score (nSPS) is 9.95. The Bertz CT molecular complexity index is 636. The third-order valence-electron chi connectivity index (χ3n) is 2.92. The van der Waals surface area contributed by atoms with Crippen LogP contribution in [0.3, 0.4) is 0 Å². The first kappa shape index (κ1) is 14.9. The van der Waals surface area contributed by atoms with E-state index in [1.54, 1.807) is 12.3 Å². The molecule has 0 spiro atoms. The fourth-order valence-corrected chi connectivity index (χ4v) is 2.04. The quantitative estimate of drug-likeness (QED) is 0.566. The molecule has 1 heterocycles. The summed E-state index contributed by atoms with van der Waals surface area (Å²) in [6, 6.07) is 10.1. The van der Waals surface area contributed by atoms with Crippen LogP contribution in [0.2, 0.25) is 10.2 Å². The summed E-state index contributed by atoms with van der Waals surface area (Å²) in [7, 11) is 0. The minimum absolute atomic E-state index is 0.303. The molecule has 0 saturated carbocycles. The molecule has 0 aliphatic heterocycles. The predicted molar refractivity (Wildman–Crippen MR) is 85.3 cm³/mol. The average Bonchev–Trinajstić information content (AvgIpc) is 2.47. The largest absolute Gasteiger partial charge is 0.242 e. The topological polar surface area (TPSA) is 12.9 Å². The van der Waals surface area contributed by atoms with Crippen LogP contribution in [0.5, 0.6) is 0 Å². The van der Waals surface area contributed by atoms with Crippen LogP contribution in [0.4, 0.5) is 0 Å². The highest BCUT2D eigenvalue weighted by atomic mass is 35.5. The van der Waals surface area contributed by atoms with Crippen molar-refractivity contribution >= 4 is 23.2 Å². The van der Waals surface area contributed by atoms with Crippen molar-refractivity contribution in [3.63, 3.8) is 0 Å². The molecule has 3 heteroatoms. The second kappa shape index (κ2) is 7.33. The number of unbranched alkanes of at least 4 members (excludes halogenated alkanes) is 1. The third-order valence-corrected chi connectivity index (χ3v) is 3.61. The molecule has 1 aromatic heterocycles. The summed E-state index contributed by atoms with van der Waals surface area (Å²) in [5, 5.41) is 0.728. The SMILES string of the molecule is CCCCc1ccc(C#Cc2cnc(Cl)c(Cl)c2)cc1. The third kappa shape index (κ3) is 4.27. The monoisotopic (exact) mass is 303 g/mol. The Labute approximate surface area is 130 Å². The standard InChI is InChI=1S/C17H15Cl2N/c1-2-3-4-13-5-7-14(8-6-13)9-10-15-11-16(18)17(19)20-12-15/h5-8,11-12H,2-4H2,1H3. The molecule has 0 N–H and O–H groups in total. The highest BCUT2D eigenvalue weighted by Gasteiger charge is 1.98. The molecule has 0 unspecified atom stereocenters. The first-order valence-electron chi connectivity index (χ1n) is 6.61. The van der Waals surface area contributed by atoms with Crippen molar-refractivity contribution in [1.29, 1.82) is 0 Å². The van der Waals surface area contributed by atoms with E-state index in [1.807, 2.05) is 12.1 Å². The van der Waals surface area contributed by atoms with Gasteiger partial charge in [0.2, 0.25) is 0 Å². The maximum atomic E-state index is 5.90. The van der Waals surface area contributed by atoms with Crippen LogP contribution >= 0.6 is 23.2 Å². The van der Waals surface area contributed by atoms with Gasteiger partial charge in [0.25, 0.3) is 0 Å². The fraction of sp³-hybridized carbons (Fsp3) is 0.235. The molecule has 0 aliphatic rings. The van der Waals surface area contributed by atoms with Crippen molar-refractivity contribution in [1.82, 2.24) is 4.98 Å². The highest BCUT2D eigenvalue weighted by Crippen LogP contribution is 2.19. The molecule has 0 amide bonds. The van der Waals surface area contributed by atoms with Crippen LogP contribution < -0.4 is 0 Å². The van der Waals surface area contributed by atoms with Crippen LogP contribution in [0.1, 0.15) is 36.5 Å². The smallest absolute Gasteiger partial charge is 0.147 e. The molecule has 0 fully saturated rings. The number of pyridine rings is 1. The Morgan fingerprint density at radius 2 is 1.75 bits per heavy atom. The van der Waals surface area contributed by atoms with Crippen molar-refractivity contribution in [2.45, 2.75) is 26.2 Å². The fourth-order valence-electron chi connectivity index (χ4n) is 1.77. The van der Waals surface area contributed by atoms with Gasteiger partial charge in [0.05, 0.1) is 5.02 Å². The second-order valence-corrected chi connectivity index (χ2v) is 5.31. The van der Waals surface area contributed by atoms with E-state index in [0.29, 0.717) is 10.2 Å². The molecule has 20 heavy (non-hydrogen) atoms. The number of aryl methyl sites for hydroxylation is 1. The molecule has 2 aromatic rings. The van der Waals surface area contributed by atoms with Crippen molar-refractivity contribution in [2.75, 3.05) is 0 Å². The van der Waals surface area contributed by atoms with Crippen LogP contribution in [-0.2, 0) is 6.42 Å². The van der Waals surface area contributed by atoms with Gasteiger partial charge >= 0.3 is 0 Å². The summed E-state index contributed by atoms with van der Waals surface area (Å²) >= 11 is 11.7. The van der Waals surface area contributed by atoms with Gasteiger partial charge in [0.15, 0.2) is 0 Å². The summed E-state index contributed by atoms with van der Waals surface area (Å²) in [4.78, 5) is 3.97. The zero-order chi connectivity index (χ0) is 14.4. The first-order valence-corrected chi connectivity index (χ1v) is 7.36. The summed E-state index contributed by atoms with van der Waals surface area (Å²) in [5.41, 5.74) is 3.10. The Morgan fingerprint density at radius 1 is 1.05 bits per heavy atom. The van der Waals surface area contributed by atoms with E-state index >= 15 is 0 Å². The summed E-state index contributed by atoms with van der Waals surface area (Å²) in [6.45, 7) is 2.20. The van der Waals surface area contributed by atoms with Gasteiger partial charge in [-0.2, -0.15) is 0 Å². The van der Waals surface area contributed by atoms with Gasteiger partial charge in [0, 0.05) is 17.3 Å². The summed E-state index contributed by atoms with van der Waals surface area (Å²) in [6.07, 6.45) is 5.18. The number of aromatic nitrogens is 1. The molecule has 0 radical (unpaired) electrons. The van der Waals surface area contributed by atoms with Gasteiger partial charge in [-0.05, 0) is 36.6 Å². The zero-order valence-corrected chi connectivity index (χ0v) is 12.8. The van der Waals surface area contributed by atoms with Crippen molar-refractivity contribution in [3.8, 4) is 11.8 Å². The van der Waals surface area contributed by atoms with Gasteiger partial charge < -0.3 is 0 Å². The van der Waals surface area contributed by atoms with E-state index in [9.17, 15) is 0 Å². The molecule has 0 saturated heterocycles. The van der Waals surface area contributed by atoms with Crippen LogP contribution in [0.15, 0.2) is 36.5 Å². The van der Waals surface area contributed by atoms with Gasteiger partial charge in [-0.15, -0.1) is 0 Å². The van der Waals surface area contributed by atoms with Crippen LogP contribution in [0.25, 0.3) is 0 Å². The van der Waals surface area contributed by atoms with Gasteiger partial charge in [0.1, 0.15) is 5.15 Å². The molecule has 1 aromatic carbocycles. The molecule has 102 valence electrons. The van der Waals surface area contributed by atoms with Gasteiger partial charge in [-0.1, -0.05) is 60.5 Å². The molecular formula is C17H15Cl2N. The molecule has 0 atom stereocenters. The number of hydrogen-bond donors (Lipinski definition) is 0. The lowest BCUT2D eigenvalue weighted by Gasteiger charge is -1.99. The Balaban J connectivity index is 2.10. The minimum atomic E-state index is 0.303. The first-order chi connectivity index (χ1) is 9.69. The summed E-state index contributed by atoms with van der Waals surface area (Å²) in [5.74, 6) is 6.14. The summed E-state index contributed by atoms with van der Waals surface area (Å²) < 4.78 is 0. The number of halogens is 2. The van der Waals surface area contributed by atoms with E-state index in [4.69, 9.17) is 23.2 Å². The Hall–Kier alpha value is -1.49. The van der Waals surface area contributed by atoms with Crippen molar-refractivity contribution in [3.05, 3.63) is 63.4 Å². The second-order valence-electron chi connectivity index (χ2n) is 4.55. The molecular weight excluding hydrogens is 289 g/mol. The van der Waals surface area contributed by atoms with Gasteiger partial charge in [-0.25, -0.2) is 4.98 Å². The zero-order valence-electron chi connectivity index (χ0n) is 11.3. The Morgan fingerprint density at radius 3 is 2.40 bits per heavy atom. The number of rotatable bonds is 3. The number of benzene rings is 1. The van der Waals surface area contributed by atoms with Crippen LogP contribution in [-0.4, -0.2) is 4.98 Å². The molecule has 0 bridgehead atoms. The number of hydrogen-bond acceptors (Lipinski definition) is 1. The van der Waals surface area contributed by atoms with E-state index < -0.39 is 0 Å². The highest BCUT2D eigenvalue weighted by molar-refractivity contribution is 6.41. The van der Waals surface area contributed by atoms with E-state index in [0.717, 1.165) is 17.5 Å². The maximum absolute atomic E-state index is 5.90. The van der Waals surface area contributed by atoms with E-state index in [2.05, 4.69) is 35.9 Å². The van der Waals surface area contributed by atoms with Crippen molar-refractivity contribution < 1.29 is 0 Å². The van der Waals surface area contributed by atoms with E-state index in [1.165, 1.54) is 18.4 Å². The molecule has 1 nitrogen and oxygen atoms in total. The van der Waals surface area contributed by atoms with Crippen molar-refractivity contribution in [2.24, 2.45) is 0 Å². The van der Waals surface area contributed by atoms with Crippen LogP contribution in [0, 0.1) is 11.8 Å².